The van der Waals surface area contributed by atoms with Gasteiger partial charge in [-0.2, -0.15) is 0 Å². The van der Waals surface area contributed by atoms with Gasteiger partial charge >= 0.3 is 0 Å². The van der Waals surface area contributed by atoms with Crippen LogP contribution in [0.5, 0.6) is 5.75 Å². The van der Waals surface area contributed by atoms with Crippen LogP contribution in [-0.2, 0) is 0 Å². The number of anilines is 1. The van der Waals surface area contributed by atoms with E-state index in [1.807, 2.05) is 6.92 Å². The average Bonchev–Trinajstić information content (AvgIpc) is 2.61. The number of nitro groups is 1. The molecule has 2 N–H and O–H groups in total. The van der Waals surface area contributed by atoms with Gasteiger partial charge in [0.25, 0.3) is 11.6 Å². The van der Waals surface area contributed by atoms with E-state index in [-0.39, 0.29) is 16.5 Å². The maximum Gasteiger partial charge on any atom is 0.292 e. The summed E-state index contributed by atoms with van der Waals surface area (Å²) in [6, 6.07) is 11.5. The second kappa shape index (κ2) is 8.91. The van der Waals surface area contributed by atoms with Gasteiger partial charge < -0.3 is 10.1 Å². The van der Waals surface area contributed by atoms with Gasteiger partial charge in [0.15, 0.2) is 5.11 Å². The minimum absolute atomic E-state index is 0.0350. The minimum atomic E-state index is -0.506. The summed E-state index contributed by atoms with van der Waals surface area (Å²) >= 11 is 5.12. The fourth-order valence-corrected chi connectivity index (χ4v) is 2.42. The van der Waals surface area contributed by atoms with Crippen LogP contribution in [0.2, 0.25) is 0 Å². The quantitative estimate of drug-likeness (QED) is 0.454. The van der Waals surface area contributed by atoms with Crippen molar-refractivity contribution in [3.05, 3.63) is 63.7 Å². The molecule has 0 bridgehead atoms. The average molecular weight is 373 g/mol. The Hall–Kier alpha value is -3.00. The zero-order chi connectivity index (χ0) is 19.1. The van der Waals surface area contributed by atoms with Crippen LogP contribution in [0.15, 0.2) is 42.5 Å². The van der Waals surface area contributed by atoms with Crippen molar-refractivity contribution in [2.24, 2.45) is 0 Å². The lowest BCUT2D eigenvalue weighted by Gasteiger charge is -2.13. The van der Waals surface area contributed by atoms with Gasteiger partial charge in [-0.25, -0.2) is 0 Å². The van der Waals surface area contributed by atoms with Crippen molar-refractivity contribution in [2.75, 3.05) is 11.9 Å². The van der Waals surface area contributed by atoms with Crippen molar-refractivity contribution < 1.29 is 14.5 Å². The van der Waals surface area contributed by atoms with Crippen LogP contribution < -0.4 is 15.4 Å². The summed E-state index contributed by atoms with van der Waals surface area (Å²) in [4.78, 5) is 23.1. The van der Waals surface area contributed by atoms with Gasteiger partial charge in [-0.3, -0.25) is 20.2 Å². The van der Waals surface area contributed by atoms with E-state index in [1.165, 1.54) is 6.07 Å². The molecule has 0 aliphatic heterocycles. The Balaban J connectivity index is 2.12. The van der Waals surface area contributed by atoms with E-state index in [0.717, 1.165) is 12.0 Å². The summed E-state index contributed by atoms with van der Waals surface area (Å²) in [5, 5.41) is 16.3. The highest BCUT2D eigenvalue weighted by Gasteiger charge is 2.17. The molecular weight excluding hydrogens is 354 g/mol. The van der Waals surface area contributed by atoms with Gasteiger partial charge in [0.1, 0.15) is 11.4 Å². The number of hydrogen-bond donors (Lipinski definition) is 2. The van der Waals surface area contributed by atoms with E-state index in [1.54, 1.807) is 43.3 Å². The van der Waals surface area contributed by atoms with Crippen molar-refractivity contribution in [3.8, 4) is 5.75 Å². The van der Waals surface area contributed by atoms with Gasteiger partial charge in [-0.15, -0.1) is 0 Å². The third kappa shape index (κ3) is 5.00. The maximum absolute atomic E-state index is 12.4. The van der Waals surface area contributed by atoms with E-state index >= 15 is 0 Å². The van der Waals surface area contributed by atoms with Crippen LogP contribution in [-0.4, -0.2) is 22.5 Å². The lowest BCUT2D eigenvalue weighted by Crippen LogP contribution is -2.34. The predicted octanol–water partition coefficient (Wildman–Crippen LogP) is 3.82. The second-order valence-electron chi connectivity index (χ2n) is 5.53. The first-order chi connectivity index (χ1) is 12.4. The molecule has 2 aromatic rings. The summed E-state index contributed by atoms with van der Waals surface area (Å²) in [6.45, 7) is 4.21. The van der Waals surface area contributed by atoms with Crippen LogP contribution in [0.25, 0.3) is 0 Å². The van der Waals surface area contributed by atoms with Crippen molar-refractivity contribution in [1.29, 1.82) is 0 Å². The summed E-state index contributed by atoms with van der Waals surface area (Å²) in [5.41, 5.74) is 1.18. The number of amides is 1. The Morgan fingerprint density at radius 3 is 2.69 bits per heavy atom. The summed E-state index contributed by atoms with van der Waals surface area (Å²) < 4.78 is 5.56. The summed E-state index contributed by atoms with van der Waals surface area (Å²) in [6.07, 6.45) is 0.813. The third-order valence-corrected chi connectivity index (χ3v) is 3.62. The molecule has 2 aromatic carbocycles. The smallest absolute Gasteiger partial charge is 0.292 e. The second-order valence-corrected chi connectivity index (χ2v) is 5.94. The largest absolute Gasteiger partial charge is 0.493 e. The van der Waals surface area contributed by atoms with Gasteiger partial charge in [0, 0.05) is 6.07 Å². The molecule has 8 heteroatoms. The summed E-state index contributed by atoms with van der Waals surface area (Å²) in [5.74, 6) is -0.0000609. The molecular formula is C18H19N3O4S. The molecule has 0 saturated heterocycles. The number of nitro benzene ring substituents is 1. The molecule has 0 atom stereocenters. The van der Waals surface area contributed by atoms with E-state index in [0.29, 0.717) is 17.9 Å². The normalized spacial score (nSPS) is 10.1. The predicted molar refractivity (Wildman–Crippen MR) is 104 cm³/mol. The molecule has 2 rings (SSSR count). The van der Waals surface area contributed by atoms with E-state index in [2.05, 4.69) is 10.6 Å². The molecule has 136 valence electrons. The zero-order valence-corrected chi connectivity index (χ0v) is 15.3. The Morgan fingerprint density at radius 1 is 1.27 bits per heavy atom. The molecule has 0 aliphatic rings. The van der Waals surface area contributed by atoms with E-state index in [4.69, 9.17) is 17.0 Å². The van der Waals surface area contributed by atoms with Gasteiger partial charge in [-0.1, -0.05) is 25.1 Å². The number of thiocarbonyl (C=S) groups is 1. The third-order valence-electron chi connectivity index (χ3n) is 3.42. The fourth-order valence-electron chi connectivity index (χ4n) is 2.21. The molecule has 0 aliphatic carbocycles. The van der Waals surface area contributed by atoms with Crippen molar-refractivity contribution >= 4 is 34.6 Å². The lowest BCUT2D eigenvalue weighted by molar-refractivity contribution is -0.383. The van der Waals surface area contributed by atoms with Crippen LogP contribution in [0, 0.1) is 17.0 Å². The highest BCUT2D eigenvalue weighted by molar-refractivity contribution is 7.80. The SMILES string of the molecule is CCCOc1ccccc1C(=O)NC(=S)Nc1ccc(C)cc1[N+](=O)[O-]. The first kappa shape index (κ1) is 19.3. The number of hydrogen-bond acceptors (Lipinski definition) is 5. The molecule has 0 radical (unpaired) electrons. The van der Waals surface area contributed by atoms with Crippen LogP contribution in [0.4, 0.5) is 11.4 Å². The molecule has 0 heterocycles. The van der Waals surface area contributed by atoms with Gasteiger partial charge in [0.2, 0.25) is 0 Å². The maximum atomic E-state index is 12.4. The first-order valence-corrected chi connectivity index (χ1v) is 8.42. The number of benzene rings is 2. The lowest BCUT2D eigenvalue weighted by atomic mass is 10.2. The Labute approximate surface area is 156 Å². The number of aryl methyl sites for hydroxylation is 1. The van der Waals surface area contributed by atoms with Gasteiger partial charge in [0.05, 0.1) is 17.1 Å². The van der Waals surface area contributed by atoms with Crippen molar-refractivity contribution in [3.63, 3.8) is 0 Å². The van der Waals surface area contributed by atoms with E-state index < -0.39 is 10.8 Å². The molecule has 0 unspecified atom stereocenters. The van der Waals surface area contributed by atoms with Gasteiger partial charge in [-0.05, 0) is 49.3 Å². The number of ether oxygens (including phenoxy) is 1. The number of para-hydroxylation sites is 1. The van der Waals surface area contributed by atoms with Crippen LogP contribution in [0.3, 0.4) is 0 Å². The molecule has 0 spiro atoms. The highest BCUT2D eigenvalue weighted by Crippen LogP contribution is 2.25. The molecule has 0 saturated carbocycles. The number of nitrogens with one attached hydrogen (secondary N) is 2. The molecule has 1 amide bonds. The monoisotopic (exact) mass is 373 g/mol. The van der Waals surface area contributed by atoms with E-state index in [9.17, 15) is 14.9 Å². The highest BCUT2D eigenvalue weighted by atomic mass is 32.1. The fraction of sp³-hybridized carbons (Fsp3) is 0.222. The van der Waals surface area contributed by atoms with Crippen molar-refractivity contribution in [2.45, 2.75) is 20.3 Å². The zero-order valence-electron chi connectivity index (χ0n) is 14.4. The number of carbonyl (C=O) groups is 1. The standard InChI is InChI=1S/C18H19N3O4S/c1-3-10-25-16-7-5-4-6-13(16)17(22)20-18(26)19-14-9-8-12(2)11-15(14)21(23)24/h4-9,11H,3,10H2,1-2H3,(H2,19,20,22,26). The van der Waals surface area contributed by atoms with Crippen LogP contribution >= 0.6 is 12.2 Å². The van der Waals surface area contributed by atoms with Crippen LogP contribution in [0.1, 0.15) is 29.3 Å². The topological polar surface area (TPSA) is 93.5 Å². The summed E-state index contributed by atoms with van der Waals surface area (Å²) in [7, 11) is 0. The molecule has 26 heavy (non-hydrogen) atoms. The molecule has 0 fully saturated rings. The Kier molecular flexibility index (Phi) is 6.62. The number of nitrogens with zero attached hydrogens (tertiary/aromatic N) is 1. The number of rotatable bonds is 6. The Bertz CT molecular complexity index is 839. The Morgan fingerprint density at radius 2 is 2.00 bits per heavy atom. The molecule has 7 nitrogen and oxygen atoms in total. The molecule has 0 aromatic heterocycles. The van der Waals surface area contributed by atoms with Crippen molar-refractivity contribution in [1.82, 2.24) is 5.32 Å². The minimum Gasteiger partial charge on any atom is -0.493 e. The first-order valence-electron chi connectivity index (χ1n) is 8.01. The number of carbonyl (C=O) groups excluding carboxylic acids is 1.